The summed E-state index contributed by atoms with van der Waals surface area (Å²) in [6.07, 6.45) is -4.59. The zero-order valence-electron chi connectivity index (χ0n) is 8.13. The Morgan fingerprint density at radius 3 is 2.33 bits per heavy atom. The summed E-state index contributed by atoms with van der Waals surface area (Å²) < 4.78 is 37.0. The van der Waals surface area contributed by atoms with Gasteiger partial charge in [0, 0.05) is 20.2 Å². The fourth-order valence-corrected chi connectivity index (χ4v) is 0.864. The van der Waals surface area contributed by atoms with E-state index in [1.54, 1.807) is 14.1 Å². The molecule has 0 aliphatic carbocycles. The van der Waals surface area contributed by atoms with Crippen molar-refractivity contribution in [2.75, 3.05) is 24.4 Å². The van der Waals surface area contributed by atoms with E-state index in [9.17, 15) is 13.2 Å². The number of hydrazine groups is 1. The zero-order valence-corrected chi connectivity index (χ0v) is 8.13. The van der Waals surface area contributed by atoms with Crippen LogP contribution in [0.1, 0.15) is 5.82 Å². The molecule has 0 bridgehead atoms. The van der Waals surface area contributed by atoms with Gasteiger partial charge in [0.15, 0.2) is 0 Å². The monoisotopic (exact) mass is 221 g/mol. The maximum atomic E-state index is 12.3. The lowest BCUT2D eigenvalue weighted by Crippen LogP contribution is -2.19. The second-order valence-corrected chi connectivity index (χ2v) is 2.97. The first-order valence-electron chi connectivity index (χ1n) is 3.95. The first kappa shape index (κ1) is 11.5. The Labute approximate surface area is 84.1 Å². The molecule has 0 fully saturated rings. The van der Waals surface area contributed by atoms with Crippen LogP contribution in [0.3, 0.4) is 0 Å². The summed E-state index contributed by atoms with van der Waals surface area (Å²) in [5.41, 5.74) is 2.06. The van der Waals surface area contributed by atoms with Crippen molar-refractivity contribution < 1.29 is 13.2 Å². The highest BCUT2D eigenvalue weighted by Crippen LogP contribution is 2.28. The minimum absolute atomic E-state index is 0.0824. The van der Waals surface area contributed by atoms with Gasteiger partial charge in [-0.25, -0.2) is 15.8 Å². The molecule has 8 heteroatoms. The molecular formula is C7H10F3N5. The number of nitrogen functional groups attached to an aromatic ring is 1. The van der Waals surface area contributed by atoms with Crippen LogP contribution in [-0.4, -0.2) is 24.1 Å². The molecule has 0 saturated heterocycles. The summed E-state index contributed by atoms with van der Waals surface area (Å²) >= 11 is 0. The van der Waals surface area contributed by atoms with Crippen LogP contribution in [0.4, 0.5) is 24.8 Å². The molecule has 1 aromatic rings. The molecule has 0 atom stereocenters. The van der Waals surface area contributed by atoms with Crippen LogP contribution in [0.15, 0.2) is 6.07 Å². The number of alkyl halides is 3. The molecule has 0 amide bonds. The third kappa shape index (κ3) is 2.69. The van der Waals surface area contributed by atoms with Crippen LogP contribution >= 0.6 is 0 Å². The number of nitrogens with zero attached hydrogens (tertiary/aromatic N) is 3. The van der Waals surface area contributed by atoms with Crippen LogP contribution < -0.4 is 16.2 Å². The van der Waals surface area contributed by atoms with Gasteiger partial charge >= 0.3 is 6.18 Å². The molecule has 5 nitrogen and oxygen atoms in total. The summed E-state index contributed by atoms with van der Waals surface area (Å²) in [5.74, 6) is 3.83. The van der Waals surface area contributed by atoms with Crippen LogP contribution in [0.25, 0.3) is 0 Å². The molecular weight excluding hydrogens is 211 g/mol. The van der Waals surface area contributed by atoms with Crippen molar-refractivity contribution in [1.29, 1.82) is 0 Å². The number of nitrogens with one attached hydrogen (secondary N) is 1. The molecule has 0 aliphatic rings. The molecule has 1 aromatic heterocycles. The van der Waals surface area contributed by atoms with Crippen molar-refractivity contribution >= 4 is 11.6 Å². The van der Waals surface area contributed by atoms with E-state index < -0.39 is 12.0 Å². The number of halogens is 3. The molecule has 0 saturated carbocycles. The van der Waals surface area contributed by atoms with Gasteiger partial charge in [-0.2, -0.15) is 13.2 Å². The van der Waals surface area contributed by atoms with Crippen molar-refractivity contribution in [2.24, 2.45) is 5.84 Å². The molecule has 1 heterocycles. The fraction of sp³-hybridized carbons (Fsp3) is 0.429. The largest absolute Gasteiger partial charge is 0.451 e. The normalized spacial score (nSPS) is 11.3. The molecule has 0 spiro atoms. The van der Waals surface area contributed by atoms with Gasteiger partial charge in [-0.3, -0.25) is 0 Å². The smallest absolute Gasteiger partial charge is 0.363 e. The number of anilines is 2. The van der Waals surface area contributed by atoms with Gasteiger partial charge in [0.1, 0.15) is 11.6 Å². The van der Waals surface area contributed by atoms with Crippen LogP contribution in [0.5, 0.6) is 0 Å². The Hall–Kier alpha value is -1.57. The molecule has 15 heavy (non-hydrogen) atoms. The average Bonchev–Trinajstić information content (AvgIpc) is 2.15. The van der Waals surface area contributed by atoms with Crippen LogP contribution in [0.2, 0.25) is 0 Å². The number of hydrogen-bond donors (Lipinski definition) is 2. The third-order valence-electron chi connectivity index (χ3n) is 1.57. The maximum Gasteiger partial charge on any atom is 0.451 e. The van der Waals surface area contributed by atoms with Crippen molar-refractivity contribution in [1.82, 2.24) is 9.97 Å². The fourth-order valence-electron chi connectivity index (χ4n) is 0.864. The van der Waals surface area contributed by atoms with E-state index in [-0.39, 0.29) is 11.6 Å². The van der Waals surface area contributed by atoms with E-state index in [4.69, 9.17) is 5.84 Å². The molecule has 0 unspecified atom stereocenters. The summed E-state index contributed by atoms with van der Waals surface area (Å²) in [7, 11) is 3.14. The highest BCUT2D eigenvalue weighted by molar-refractivity contribution is 5.48. The van der Waals surface area contributed by atoms with Crippen LogP contribution in [-0.2, 0) is 6.18 Å². The van der Waals surface area contributed by atoms with E-state index in [2.05, 4.69) is 15.4 Å². The van der Waals surface area contributed by atoms with Gasteiger partial charge < -0.3 is 10.3 Å². The summed E-state index contributed by atoms with van der Waals surface area (Å²) in [6, 6.07) is 1.31. The highest BCUT2D eigenvalue weighted by atomic mass is 19.4. The lowest BCUT2D eigenvalue weighted by molar-refractivity contribution is -0.144. The van der Waals surface area contributed by atoms with Crippen molar-refractivity contribution in [3.63, 3.8) is 0 Å². The molecule has 84 valence electrons. The van der Waals surface area contributed by atoms with Crippen molar-refractivity contribution in [3.05, 3.63) is 11.9 Å². The Morgan fingerprint density at radius 2 is 1.93 bits per heavy atom. The molecule has 0 aromatic carbocycles. The van der Waals surface area contributed by atoms with Gasteiger partial charge in [0.25, 0.3) is 0 Å². The Morgan fingerprint density at radius 1 is 1.33 bits per heavy atom. The van der Waals surface area contributed by atoms with Crippen molar-refractivity contribution in [2.45, 2.75) is 6.18 Å². The third-order valence-corrected chi connectivity index (χ3v) is 1.57. The average molecular weight is 221 g/mol. The van der Waals surface area contributed by atoms with Gasteiger partial charge in [0.05, 0.1) is 0 Å². The minimum Gasteiger partial charge on any atom is -0.363 e. The standard InChI is InChI=1S/C7H10F3N5/c1-15(2)5-3-4(14-11)12-6(13-5)7(8,9)10/h3H,11H2,1-2H3,(H,12,13,14). The zero-order chi connectivity index (χ0) is 11.6. The van der Waals surface area contributed by atoms with E-state index >= 15 is 0 Å². The number of aromatic nitrogens is 2. The van der Waals surface area contributed by atoms with Crippen LogP contribution in [0, 0.1) is 0 Å². The predicted molar refractivity (Wildman–Crippen MR) is 49.2 cm³/mol. The second kappa shape index (κ2) is 3.89. The molecule has 3 N–H and O–H groups in total. The lowest BCUT2D eigenvalue weighted by Gasteiger charge is -2.14. The summed E-state index contributed by atoms with van der Waals surface area (Å²) in [4.78, 5) is 7.98. The summed E-state index contributed by atoms with van der Waals surface area (Å²) in [5, 5.41) is 0. The number of nitrogens with two attached hydrogens (primary N) is 1. The Kier molecular flexibility index (Phi) is 2.98. The predicted octanol–water partition coefficient (Wildman–Crippen LogP) is 0.847. The second-order valence-electron chi connectivity index (χ2n) is 2.97. The molecule has 0 radical (unpaired) electrons. The van der Waals surface area contributed by atoms with Gasteiger partial charge in [-0.1, -0.05) is 0 Å². The first-order chi connectivity index (χ1) is 6.84. The van der Waals surface area contributed by atoms with E-state index in [1.165, 1.54) is 11.0 Å². The Bertz CT molecular complexity index is 349. The van der Waals surface area contributed by atoms with Gasteiger partial charge in [-0.05, 0) is 0 Å². The molecule has 0 aliphatic heterocycles. The van der Waals surface area contributed by atoms with E-state index in [0.717, 1.165) is 0 Å². The number of rotatable bonds is 2. The quantitative estimate of drug-likeness (QED) is 0.572. The van der Waals surface area contributed by atoms with E-state index in [0.29, 0.717) is 0 Å². The number of hydrogen-bond acceptors (Lipinski definition) is 5. The minimum atomic E-state index is -4.59. The lowest BCUT2D eigenvalue weighted by atomic mass is 10.4. The highest BCUT2D eigenvalue weighted by Gasteiger charge is 2.35. The Balaban J connectivity index is 3.23. The SMILES string of the molecule is CN(C)c1cc(NN)nc(C(F)(F)F)n1. The maximum absolute atomic E-state index is 12.3. The van der Waals surface area contributed by atoms with Gasteiger partial charge in [-0.15, -0.1) is 0 Å². The molecule has 1 rings (SSSR count). The van der Waals surface area contributed by atoms with Crippen molar-refractivity contribution in [3.8, 4) is 0 Å². The van der Waals surface area contributed by atoms with E-state index in [1.807, 2.05) is 0 Å². The first-order valence-corrected chi connectivity index (χ1v) is 3.95. The summed E-state index contributed by atoms with van der Waals surface area (Å²) in [6.45, 7) is 0. The van der Waals surface area contributed by atoms with Gasteiger partial charge in [0.2, 0.25) is 5.82 Å². The topological polar surface area (TPSA) is 67.1 Å².